The standard InChI is InChI=1S/C37H39F3N6O2/c1-25(30-12-6-10-27-8-2-4-11-31(27)30)45-36(48)33(14-7-19-41-23-29-9-3-5-13-32(29)37(38,39)40)46-35(47)28-17-15-26(16-18-28)22-42-24-34-43-20-21-44-34/h2-6,8-13,15-18,20-21,25,33,41-42H,7,14,19,22-24H2,1H3,(H,43,44)(H,45,48)(H,46,47)/t25?,33-/m0/s1. The summed E-state index contributed by atoms with van der Waals surface area (Å²) in [5.74, 6) is 0.0893. The first kappa shape index (κ1) is 34.3. The Labute approximate surface area is 277 Å². The van der Waals surface area contributed by atoms with Gasteiger partial charge in [0, 0.05) is 31.0 Å². The monoisotopic (exact) mass is 656 g/mol. The van der Waals surface area contributed by atoms with Crippen LogP contribution in [0.2, 0.25) is 0 Å². The van der Waals surface area contributed by atoms with Gasteiger partial charge in [-0.3, -0.25) is 9.59 Å². The highest BCUT2D eigenvalue weighted by molar-refractivity contribution is 5.97. The van der Waals surface area contributed by atoms with E-state index in [0.717, 1.165) is 33.8 Å². The number of aromatic nitrogens is 2. The molecule has 0 spiro atoms. The molecular weight excluding hydrogens is 617 g/mol. The van der Waals surface area contributed by atoms with Gasteiger partial charge in [-0.1, -0.05) is 72.8 Å². The van der Waals surface area contributed by atoms with Crippen molar-refractivity contribution < 1.29 is 22.8 Å². The summed E-state index contributed by atoms with van der Waals surface area (Å²) in [7, 11) is 0. The zero-order chi connectivity index (χ0) is 33.9. The van der Waals surface area contributed by atoms with Crippen molar-refractivity contribution in [3.8, 4) is 0 Å². The number of hydrogen-bond acceptors (Lipinski definition) is 5. The number of alkyl halides is 3. The number of carbonyl (C=O) groups excluding carboxylic acids is 2. The highest BCUT2D eigenvalue weighted by Gasteiger charge is 2.32. The molecule has 5 N–H and O–H groups in total. The molecule has 5 rings (SSSR count). The van der Waals surface area contributed by atoms with Gasteiger partial charge < -0.3 is 26.3 Å². The Bertz CT molecular complexity index is 1790. The first-order valence-electron chi connectivity index (χ1n) is 15.9. The Kier molecular flexibility index (Phi) is 11.6. The van der Waals surface area contributed by atoms with Gasteiger partial charge in [0.1, 0.15) is 11.9 Å². The van der Waals surface area contributed by atoms with Crippen molar-refractivity contribution in [3.63, 3.8) is 0 Å². The molecule has 2 amide bonds. The molecule has 0 aliphatic heterocycles. The summed E-state index contributed by atoms with van der Waals surface area (Å²) in [6, 6.07) is 25.2. The topological polar surface area (TPSA) is 111 Å². The van der Waals surface area contributed by atoms with E-state index in [-0.39, 0.29) is 30.5 Å². The fraction of sp³-hybridized carbons (Fsp3) is 0.270. The molecule has 0 aliphatic rings. The smallest absolute Gasteiger partial charge is 0.348 e. The highest BCUT2D eigenvalue weighted by Crippen LogP contribution is 2.31. The number of benzene rings is 4. The van der Waals surface area contributed by atoms with Crippen LogP contribution < -0.4 is 21.3 Å². The summed E-state index contributed by atoms with van der Waals surface area (Å²) in [5, 5.41) is 14.4. The maximum atomic E-state index is 13.7. The second-order valence-electron chi connectivity index (χ2n) is 11.6. The number of rotatable bonds is 15. The summed E-state index contributed by atoms with van der Waals surface area (Å²) >= 11 is 0. The second kappa shape index (κ2) is 16.2. The molecule has 1 aromatic heterocycles. The van der Waals surface area contributed by atoms with E-state index in [9.17, 15) is 22.8 Å². The van der Waals surface area contributed by atoms with Gasteiger partial charge in [-0.05, 0) is 72.0 Å². The molecule has 0 saturated heterocycles. The van der Waals surface area contributed by atoms with Crippen LogP contribution >= 0.6 is 0 Å². The van der Waals surface area contributed by atoms with E-state index in [1.54, 1.807) is 30.6 Å². The van der Waals surface area contributed by atoms with Crippen LogP contribution in [0.3, 0.4) is 0 Å². The van der Waals surface area contributed by atoms with Crippen LogP contribution in [0.4, 0.5) is 13.2 Å². The van der Waals surface area contributed by atoms with E-state index in [1.165, 1.54) is 12.1 Å². The first-order chi connectivity index (χ1) is 23.2. The first-order valence-corrected chi connectivity index (χ1v) is 15.9. The maximum absolute atomic E-state index is 13.7. The third kappa shape index (κ3) is 9.30. The third-order valence-corrected chi connectivity index (χ3v) is 8.15. The van der Waals surface area contributed by atoms with E-state index in [1.807, 2.05) is 61.5 Å². The van der Waals surface area contributed by atoms with Crippen LogP contribution in [0.5, 0.6) is 0 Å². The number of amides is 2. The van der Waals surface area contributed by atoms with Gasteiger partial charge in [0.2, 0.25) is 5.91 Å². The van der Waals surface area contributed by atoms with Crippen LogP contribution in [0, 0.1) is 0 Å². The minimum atomic E-state index is -4.44. The van der Waals surface area contributed by atoms with Crippen molar-refractivity contribution >= 4 is 22.6 Å². The molecule has 0 saturated carbocycles. The molecular formula is C37H39F3N6O2. The van der Waals surface area contributed by atoms with E-state index in [2.05, 4.69) is 31.2 Å². The Morgan fingerprint density at radius 1 is 0.833 bits per heavy atom. The number of hydrogen-bond donors (Lipinski definition) is 5. The molecule has 1 unspecified atom stereocenters. The van der Waals surface area contributed by atoms with Crippen LogP contribution in [0.1, 0.15) is 64.2 Å². The van der Waals surface area contributed by atoms with Gasteiger partial charge in [-0.25, -0.2) is 4.98 Å². The van der Waals surface area contributed by atoms with Crippen molar-refractivity contribution in [1.82, 2.24) is 31.2 Å². The van der Waals surface area contributed by atoms with Gasteiger partial charge in [-0.15, -0.1) is 0 Å². The molecule has 0 radical (unpaired) electrons. The molecule has 1 heterocycles. The van der Waals surface area contributed by atoms with E-state index in [0.29, 0.717) is 31.6 Å². The Hall–Kier alpha value is -5.00. The number of nitrogens with one attached hydrogen (secondary N) is 5. The van der Waals surface area contributed by atoms with Gasteiger partial charge in [0.15, 0.2) is 0 Å². The van der Waals surface area contributed by atoms with Crippen LogP contribution in [-0.2, 0) is 30.6 Å². The summed E-state index contributed by atoms with van der Waals surface area (Å²) in [6.45, 7) is 3.44. The number of fused-ring (bicyclic) bond motifs is 1. The molecule has 8 nitrogen and oxygen atoms in total. The van der Waals surface area contributed by atoms with E-state index in [4.69, 9.17) is 0 Å². The van der Waals surface area contributed by atoms with Gasteiger partial charge in [0.25, 0.3) is 5.91 Å². The number of halogens is 3. The van der Waals surface area contributed by atoms with Crippen molar-refractivity contribution in [2.24, 2.45) is 0 Å². The van der Waals surface area contributed by atoms with Crippen molar-refractivity contribution in [2.75, 3.05) is 6.54 Å². The average Bonchev–Trinajstić information content (AvgIpc) is 3.61. The molecule has 5 aromatic rings. The average molecular weight is 657 g/mol. The minimum absolute atomic E-state index is 0.0275. The van der Waals surface area contributed by atoms with Crippen LogP contribution in [0.25, 0.3) is 10.8 Å². The van der Waals surface area contributed by atoms with Crippen molar-refractivity contribution in [2.45, 2.75) is 57.7 Å². The second-order valence-corrected chi connectivity index (χ2v) is 11.6. The molecule has 0 fully saturated rings. The highest BCUT2D eigenvalue weighted by atomic mass is 19.4. The zero-order valence-corrected chi connectivity index (χ0v) is 26.6. The van der Waals surface area contributed by atoms with E-state index < -0.39 is 23.7 Å². The third-order valence-electron chi connectivity index (χ3n) is 8.15. The molecule has 250 valence electrons. The molecule has 4 aromatic carbocycles. The lowest BCUT2D eigenvalue weighted by atomic mass is 9.99. The molecule has 0 aliphatic carbocycles. The van der Waals surface area contributed by atoms with Gasteiger partial charge in [0.05, 0.1) is 18.2 Å². The Morgan fingerprint density at radius 3 is 2.35 bits per heavy atom. The lowest BCUT2D eigenvalue weighted by Crippen LogP contribution is -2.47. The van der Waals surface area contributed by atoms with Crippen LogP contribution in [-0.4, -0.2) is 34.4 Å². The number of carbonyl (C=O) groups is 2. The maximum Gasteiger partial charge on any atom is 0.416 e. The van der Waals surface area contributed by atoms with Gasteiger partial charge in [-0.2, -0.15) is 13.2 Å². The summed E-state index contributed by atoms with van der Waals surface area (Å²) in [4.78, 5) is 34.2. The number of nitrogens with zero attached hydrogens (tertiary/aromatic N) is 1. The normalized spacial score (nSPS) is 12.8. The fourth-order valence-corrected chi connectivity index (χ4v) is 5.63. The Morgan fingerprint density at radius 2 is 1.58 bits per heavy atom. The van der Waals surface area contributed by atoms with Crippen molar-refractivity contribution in [3.05, 3.63) is 137 Å². The summed E-state index contributed by atoms with van der Waals surface area (Å²) in [5.41, 5.74) is 1.81. The Balaban J connectivity index is 1.22. The zero-order valence-electron chi connectivity index (χ0n) is 26.6. The van der Waals surface area contributed by atoms with Crippen LogP contribution in [0.15, 0.2) is 103 Å². The SMILES string of the molecule is CC(NC(=O)[C@H](CCCNCc1ccccc1C(F)(F)F)NC(=O)c1ccc(CNCc2ncc[nH]2)cc1)c1cccc2ccccc12. The van der Waals surface area contributed by atoms with Crippen molar-refractivity contribution in [1.29, 1.82) is 0 Å². The quantitative estimate of drug-likeness (QED) is 0.0836. The predicted molar refractivity (Wildman–Crippen MR) is 180 cm³/mol. The number of H-pyrrole nitrogens is 1. The largest absolute Gasteiger partial charge is 0.416 e. The summed E-state index contributed by atoms with van der Waals surface area (Å²) in [6.07, 6.45) is -0.272. The summed E-state index contributed by atoms with van der Waals surface area (Å²) < 4.78 is 40.2. The minimum Gasteiger partial charge on any atom is -0.348 e. The molecule has 48 heavy (non-hydrogen) atoms. The molecule has 0 bridgehead atoms. The number of imidazole rings is 1. The van der Waals surface area contributed by atoms with Gasteiger partial charge >= 0.3 is 6.18 Å². The molecule has 2 atom stereocenters. The lowest BCUT2D eigenvalue weighted by molar-refractivity contribution is -0.138. The van der Waals surface area contributed by atoms with E-state index >= 15 is 0 Å². The predicted octanol–water partition coefficient (Wildman–Crippen LogP) is 6.42. The molecule has 11 heteroatoms. The lowest BCUT2D eigenvalue weighted by Gasteiger charge is -2.23. The fourth-order valence-electron chi connectivity index (χ4n) is 5.63. The number of aromatic amines is 1.